The zero-order valence-corrected chi connectivity index (χ0v) is 10.8. The summed E-state index contributed by atoms with van der Waals surface area (Å²) in [5.74, 6) is 0.906. The number of aromatic nitrogens is 1. The lowest BCUT2D eigenvalue weighted by molar-refractivity contribution is 0.242. The quantitative estimate of drug-likeness (QED) is 0.878. The van der Waals surface area contributed by atoms with Gasteiger partial charge in [0.2, 0.25) is 0 Å². The van der Waals surface area contributed by atoms with Gasteiger partial charge in [0, 0.05) is 16.8 Å². The van der Waals surface area contributed by atoms with Gasteiger partial charge in [-0.3, -0.25) is 4.98 Å². The Labute approximate surface area is 105 Å². The first kappa shape index (κ1) is 11.9. The van der Waals surface area contributed by atoms with E-state index < -0.39 is 0 Å². The summed E-state index contributed by atoms with van der Waals surface area (Å²) in [5.41, 5.74) is 2.94. The molecule has 4 heteroatoms. The average molecular weight is 248 g/mol. The smallest absolute Gasteiger partial charge is 0.119 e. The first-order valence-electron chi connectivity index (χ1n) is 5.62. The fourth-order valence-electron chi connectivity index (χ4n) is 1.44. The van der Waals surface area contributed by atoms with Crippen molar-refractivity contribution in [2.45, 2.75) is 26.5 Å². The highest BCUT2D eigenvalue weighted by molar-refractivity contribution is 7.09. The third-order valence-corrected chi connectivity index (χ3v) is 2.96. The molecule has 2 rings (SSSR count). The summed E-state index contributed by atoms with van der Waals surface area (Å²) in [6, 6.07) is 8.02. The standard InChI is InChI=1S/C13H16N2OS/c1-10(2)16-12-5-3-11(4-6-12)15-8-13-7-14-9-17-13/h3-7,9-10,15H,8H2,1-2H3. The van der Waals surface area contributed by atoms with Crippen LogP contribution in [0.1, 0.15) is 18.7 Å². The molecule has 0 bridgehead atoms. The maximum absolute atomic E-state index is 5.58. The van der Waals surface area contributed by atoms with Crippen LogP contribution < -0.4 is 10.1 Å². The lowest BCUT2D eigenvalue weighted by Crippen LogP contribution is -2.05. The summed E-state index contributed by atoms with van der Waals surface area (Å²) in [5, 5.41) is 3.34. The monoisotopic (exact) mass is 248 g/mol. The Morgan fingerprint density at radius 3 is 2.65 bits per heavy atom. The molecule has 0 aliphatic rings. The summed E-state index contributed by atoms with van der Waals surface area (Å²) in [6.45, 7) is 4.86. The van der Waals surface area contributed by atoms with Gasteiger partial charge in [0.05, 0.1) is 18.2 Å². The first-order chi connectivity index (χ1) is 8.24. The molecular weight excluding hydrogens is 232 g/mol. The van der Waals surface area contributed by atoms with Crippen molar-refractivity contribution in [2.75, 3.05) is 5.32 Å². The lowest BCUT2D eigenvalue weighted by atomic mass is 10.3. The van der Waals surface area contributed by atoms with Gasteiger partial charge in [0.1, 0.15) is 5.75 Å². The predicted octanol–water partition coefficient (Wildman–Crippen LogP) is 3.54. The van der Waals surface area contributed by atoms with Crippen molar-refractivity contribution < 1.29 is 4.74 Å². The molecule has 0 aliphatic carbocycles. The molecule has 0 atom stereocenters. The van der Waals surface area contributed by atoms with E-state index in [1.807, 2.05) is 49.8 Å². The van der Waals surface area contributed by atoms with E-state index in [9.17, 15) is 0 Å². The maximum Gasteiger partial charge on any atom is 0.119 e. The fourth-order valence-corrected chi connectivity index (χ4v) is 1.98. The van der Waals surface area contributed by atoms with Crippen LogP contribution in [0.4, 0.5) is 5.69 Å². The molecule has 0 radical (unpaired) electrons. The second-order valence-corrected chi connectivity index (χ2v) is 4.98. The fraction of sp³-hybridized carbons (Fsp3) is 0.308. The molecule has 0 saturated carbocycles. The van der Waals surface area contributed by atoms with E-state index in [2.05, 4.69) is 10.3 Å². The Kier molecular flexibility index (Phi) is 3.98. The molecule has 0 unspecified atom stereocenters. The van der Waals surface area contributed by atoms with Gasteiger partial charge in [-0.25, -0.2) is 0 Å². The van der Waals surface area contributed by atoms with Crippen LogP contribution in [0.25, 0.3) is 0 Å². The molecular formula is C13H16N2OS. The Bertz CT molecular complexity index is 437. The summed E-state index contributed by atoms with van der Waals surface area (Å²) in [4.78, 5) is 5.27. The SMILES string of the molecule is CC(C)Oc1ccc(NCc2cncs2)cc1. The molecule has 3 nitrogen and oxygen atoms in total. The van der Waals surface area contributed by atoms with Crippen LogP contribution in [0.15, 0.2) is 36.0 Å². The van der Waals surface area contributed by atoms with Gasteiger partial charge in [-0.1, -0.05) is 0 Å². The summed E-state index contributed by atoms with van der Waals surface area (Å²) < 4.78 is 5.58. The Balaban J connectivity index is 1.89. The van der Waals surface area contributed by atoms with Crippen LogP contribution in [0.2, 0.25) is 0 Å². The van der Waals surface area contributed by atoms with Gasteiger partial charge in [-0.05, 0) is 38.1 Å². The van der Waals surface area contributed by atoms with Crippen molar-refractivity contribution in [1.82, 2.24) is 4.98 Å². The highest BCUT2D eigenvalue weighted by Gasteiger charge is 1.98. The Morgan fingerprint density at radius 2 is 2.06 bits per heavy atom. The van der Waals surface area contributed by atoms with Gasteiger partial charge in [-0.15, -0.1) is 11.3 Å². The zero-order chi connectivity index (χ0) is 12.1. The van der Waals surface area contributed by atoms with E-state index in [1.54, 1.807) is 11.3 Å². The molecule has 17 heavy (non-hydrogen) atoms. The van der Waals surface area contributed by atoms with E-state index in [-0.39, 0.29) is 6.10 Å². The minimum atomic E-state index is 0.214. The minimum Gasteiger partial charge on any atom is -0.491 e. The number of hydrogen-bond acceptors (Lipinski definition) is 4. The molecule has 1 aromatic heterocycles. The molecule has 1 heterocycles. The van der Waals surface area contributed by atoms with E-state index >= 15 is 0 Å². The second-order valence-electron chi connectivity index (χ2n) is 4.01. The topological polar surface area (TPSA) is 34.1 Å². The van der Waals surface area contributed by atoms with Gasteiger partial charge in [-0.2, -0.15) is 0 Å². The molecule has 1 N–H and O–H groups in total. The molecule has 1 aromatic carbocycles. The van der Waals surface area contributed by atoms with Crippen LogP contribution in [-0.4, -0.2) is 11.1 Å². The number of benzene rings is 1. The van der Waals surface area contributed by atoms with Gasteiger partial charge in [0.15, 0.2) is 0 Å². The average Bonchev–Trinajstić information content (AvgIpc) is 2.80. The van der Waals surface area contributed by atoms with E-state index in [0.29, 0.717) is 0 Å². The number of anilines is 1. The normalized spacial score (nSPS) is 10.5. The predicted molar refractivity (Wildman–Crippen MR) is 71.6 cm³/mol. The summed E-state index contributed by atoms with van der Waals surface area (Å²) in [7, 11) is 0. The van der Waals surface area contributed by atoms with E-state index in [0.717, 1.165) is 18.0 Å². The highest BCUT2D eigenvalue weighted by atomic mass is 32.1. The van der Waals surface area contributed by atoms with Crippen molar-refractivity contribution >= 4 is 17.0 Å². The van der Waals surface area contributed by atoms with Crippen LogP contribution in [0.3, 0.4) is 0 Å². The summed E-state index contributed by atoms with van der Waals surface area (Å²) in [6.07, 6.45) is 2.10. The van der Waals surface area contributed by atoms with Crippen LogP contribution in [0.5, 0.6) is 5.75 Å². The number of thiazole rings is 1. The zero-order valence-electron chi connectivity index (χ0n) is 10.0. The largest absolute Gasteiger partial charge is 0.491 e. The number of hydrogen-bond donors (Lipinski definition) is 1. The first-order valence-corrected chi connectivity index (χ1v) is 6.50. The van der Waals surface area contributed by atoms with Gasteiger partial charge < -0.3 is 10.1 Å². The highest BCUT2D eigenvalue weighted by Crippen LogP contribution is 2.18. The molecule has 2 aromatic rings. The van der Waals surface area contributed by atoms with Crippen molar-refractivity contribution in [2.24, 2.45) is 0 Å². The molecule has 0 amide bonds. The van der Waals surface area contributed by atoms with E-state index in [4.69, 9.17) is 4.74 Å². The van der Waals surface area contributed by atoms with Crippen LogP contribution in [-0.2, 0) is 6.54 Å². The third-order valence-electron chi connectivity index (χ3n) is 2.18. The molecule has 0 saturated heterocycles. The second kappa shape index (κ2) is 5.68. The van der Waals surface area contributed by atoms with Crippen molar-refractivity contribution in [3.8, 4) is 5.75 Å². The number of ether oxygens (including phenoxy) is 1. The Hall–Kier alpha value is -1.55. The van der Waals surface area contributed by atoms with Crippen LogP contribution in [0, 0.1) is 0 Å². The summed E-state index contributed by atoms with van der Waals surface area (Å²) >= 11 is 1.66. The number of rotatable bonds is 5. The van der Waals surface area contributed by atoms with E-state index in [1.165, 1.54) is 4.88 Å². The lowest BCUT2D eigenvalue weighted by Gasteiger charge is -2.10. The minimum absolute atomic E-state index is 0.214. The molecule has 0 fully saturated rings. The van der Waals surface area contributed by atoms with Crippen molar-refractivity contribution in [3.05, 3.63) is 40.8 Å². The Morgan fingerprint density at radius 1 is 1.29 bits per heavy atom. The van der Waals surface area contributed by atoms with Gasteiger partial charge in [0.25, 0.3) is 0 Å². The molecule has 0 spiro atoms. The number of nitrogens with one attached hydrogen (secondary N) is 1. The maximum atomic E-state index is 5.58. The van der Waals surface area contributed by atoms with Crippen LogP contribution >= 0.6 is 11.3 Å². The third kappa shape index (κ3) is 3.75. The molecule has 0 aliphatic heterocycles. The van der Waals surface area contributed by atoms with Gasteiger partial charge >= 0.3 is 0 Å². The van der Waals surface area contributed by atoms with Crippen molar-refractivity contribution in [1.29, 1.82) is 0 Å². The van der Waals surface area contributed by atoms with Crippen molar-refractivity contribution in [3.63, 3.8) is 0 Å². The number of nitrogens with zero attached hydrogens (tertiary/aromatic N) is 1. The molecule has 90 valence electrons.